The van der Waals surface area contributed by atoms with Crippen LogP contribution in [-0.2, 0) is 0 Å². The number of aliphatic hydroxyl groups excluding tert-OH is 1. The van der Waals surface area contributed by atoms with Gasteiger partial charge in [-0.1, -0.05) is 23.7 Å². The molecule has 0 spiro atoms. The Morgan fingerprint density at radius 3 is 2.83 bits per heavy atom. The van der Waals surface area contributed by atoms with E-state index in [1.807, 2.05) is 0 Å². The first kappa shape index (κ1) is 16.0. The van der Waals surface area contributed by atoms with E-state index in [0.29, 0.717) is 22.8 Å². The summed E-state index contributed by atoms with van der Waals surface area (Å²) >= 11 is 6.21. The summed E-state index contributed by atoms with van der Waals surface area (Å²) in [5, 5.41) is 10.8. The number of nitrogens with zero attached hydrogens (tertiary/aromatic N) is 3. The molecule has 0 aliphatic carbocycles. The van der Waals surface area contributed by atoms with Gasteiger partial charge in [-0.15, -0.1) is 0 Å². The molecule has 3 rings (SSSR count). The fourth-order valence-electron chi connectivity index (χ4n) is 3.01. The summed E-state index contributed by atoms with van der Waals surface area (Å²) < 4.78 is 13.0. The summed E-state index contributed by atoms with van der Waals surface area (Å²) in [5.41, 5.74) is 6.45. The predicted molar refractivity (Wildman–Crippen MR) is 87.8 cm³/mol. The Bertz CT molecular complexity index is 682. The second-order valence-corrected chi connectivity index (χ2v) is 6.07. The van der Waals surface area contributed by atoms with Crippen LogP contribution in [0.3, 0.4) is 0 Å². The van der Waals surface area contributed by atoms with Gasteiger partial charge in [0, 0.05) is 12.6 Å². The molecule has 0 saturated carbocycles. The summed E-state index contributed by atoms with van der Waals surface area (Å²) in [5.74, 6) is 0.543. The van der Waals surface area contributed by atoms with Crippen molar-refractivity contribution in [2.75, 3.05) is 17.2 Å². The first-order chi connectivity index (χ1) is 11.1. The topological polar surface area (TPSA) is 75.3 Å². The molecular weight excluding hydrogens is 319 g/mol. The van der Waals surface area contributed by atoms with E-state index in [1.54, 1.807) is 12.1 Å². The van der Waals surface area contributed by atoms with Crippen molar-refractivity contribution >= 4 is 23.2 Å². The van der Waals surface area contributed by atoms with Gasteiger partial charge in [0.2, 0.25) is 0 Å². The van der Waals surface area contributed by atoms with E-state index in [1.165, 1.54) is 18.5 Å². The van der Waals surface area contributed by atoms with E-state index in [2.05, 4.69) is 14.9 Å². The molecule has 1 saturated heterocycles. The Kier molecular flexibility index (Phi) is 4.63. The van der Waals surface area contributed by atoms with E-state index in [0.717, 1.165) is 19.4 Å². The number of halogens is 2. The lowest BCUT2D eigenvalue weighted by Gasteiger charge is -2.28. The molecule has 0 amide bonds. The van der Waals surface area contributed by atoms with Crippen LogP contribution in [0.1, 0.15) is 30.9 Å². The Balaban J connectivity index is 1.76. The van der Waals surface area contributed by atoms with E-state index in [-0.39, 0.29) is 17.7 Å². The van der Waals surface area contributed by atoms with Crippen LogP contribution in [0.5, 0.6) is 0 Å². The first-order valence-electron chi connectivity index (χ1n) is 7.52. The molecule has 122 valence electrons. The highest BCUT2D eigenvalue weighted by Gasteiger charge is 2.30. The third-order valence-electron chi connectivity index (χ3n) is 4.20. The molecule has 1 aliphatic heterocycles. The predicted octanol–water partition coefficient (Wildman–Crippen LogP) is 2.94. The van der Waals surface area contributed by atoms with Crippen LogP contribution in [0.15, 0.2) is 30.6 Å². The van der Waals surface area contributed by atoms with Crippen LogP contribution >= 0.6 is 11.6 Å². The summed E-state index contributed by atoms with van der Waals surface area (Å²) in [6.45, 7) is 0.803. The van der Waals surface area contributed by atoms with Gasteiger partial charge in [-0.3, -0.25) is 0 Å². The lowest BCUT2D eigenvalue weighted by molar-refractivity contribution is 0.158. The van der Waals surface area contributed by atoms with Crippen molar-refractivity contribution in [3.05, 3.63) is 47.0 Å². The van der Waals surface area contributed by atoms with Crippen molar-refractivity contribution in [3.63, 3.8) is 0 Å². The molecular formula is C16H18ClFN4O. The minimum atomic E-state index is -0.667. The quantitative estimate of drug-likeness (QED) is 0.897. The fraction of sp³-hybridized carbons (Fsp3) is 0.375. The molecule has 1 aromatic heterocycles. The smallest absolute Gasteiger partial charge is 0.153 e. The first-order valence-corrected chi connectivity index (χ1v) is 7.90. The number of hydrogen-bond acceptors (Lipinski definition) is 5. The molecule has 2 heterocycles. The van der Waals surface area contributed by atoms with Crippen LogP contribution in [0.25, 0.3) is 0 Å². The average molecular weight is 337 g/mol. The molecule has 23 heavy (non-hydrogen) atoms. The van der Waals surface area contributed by atoms with Crippen molar-refractivity contribution in [2.24, 2.45) is 0 Å². The van der Waals surface area contributed by atoms with Gasteiger partial charge < -0.3 is 15.7 Å². The van der Waals surface area contributed by atoms with Crippen molar-refractivity contribution in [2.45, 2.75) is 31.4 Å². The fourth-order valence-corrected chi connectivity index (χ4v) is 3.22. The van der Waals surface area contributed by atoms with Crippen molar-refractivity contribution in [3.8, 4) is 0 Å². The maximum absolute atomic E-state index is 13.0. The number of benzene rings is 1. The van der Waals surface area contributed by atoms with Crippen molar-refractivity contribution in [1.29, 1.82) is 0 Å². The zero-order valence-electron chi connectivity index (χ0n) is 12.5. The SMILES string of the molecule is Nc1ncnc(N2CCC[C@H]2C[C@@H](O)c2ccc(F)cc2)c1Cl. The molecule has 0 unspecified atom stereocenters. The molecule has 1 fully saturated rings. The number of aliphatic hydroxyl groups is 1. The highest BCUT2D eigenvalue weighted by Crippen LogP contribution is 2.35. The van der Waals surface area contributed by atoms with E-state index < -0.39 is 6.10 Å². The van der Waals surface area contributed by atoms with Crippen LogP contribution in [0, 0.1) is 5.82 Å². The molecule has 1 aromatic carbocycles. The Hall–Kier alpha value is -1.92. The largest absolute Gasteiger partial charge is 0.388 e. The Morgan fingerprint density at radius 1 is 1.35 bits per heavy atom. The van der Waals surface area contributed by atoms with Crippen LogP contribution in [0.2, 0.25) is 5.02 Å². The third-order valence-corrected chi connectivity index (χ3v) is 4.56. The third kappa shape index (κ3) is 3.38. The second-order valence-electron chi connectivity index (χ2n) is 5.69. The minimum Gasteiger partial charge on any atom is -0.388 e. The molecule has 5 nitrogen and oxygen atoms in total. The molecule has 2 atom stereocenters. The summed E-state index contributed by atoms with van der Waals surface area (Å²) in [4.78, 5) is 10.2. The highest BCUT2D eigenvalue weighted by molar-refractivity contribution is 6.35. The van der Waals surface area contributed by atoms with Gasteiger partial charge in [-0.25, -0.2) is 14.4 Å². The average Bonchev–Trinajstić information content (AvgIpc) is 2.98. The number of anilines is 2. The summed E-state index contributed by atoms with van der Waals surface area (Å²) in [6.07, 6.45) is 3.16. The van der Waals surface area contributed by atoms with Gasteiger partial charge in [0.25, 0.3) is 0 Å². The van der Waals surface area contributed by atoms with Crippen molar-refractivity contribution < 1.29 is 9.50 Å². The number of hydrogen-bond donors (Lipinski definition) is 2. The number of nitrogen functional groups attached to an aromatic ring is 1. The van der Waals surface area contributed by atoms with E-state index >= 15 is 0 Å². The molecule has 0 radical (unpaired) electrons. The second kappa shape index (κ2) is 6.68. The van der Waals surface area contributed by atoms with Gasteiger partial charge in [-0.2, -0.15) is 0 Å². The van der Waals surface area contributed by atoms with Crippen molar-refractivity contribution in [1.82, 2.24) is 9.97 Å². The summed E-state index contributed by atoms with van der Waals surface area (Å²) in [7, 11) is 0. The Morgan fingerprint density at radius 2 is 2.09 bits per heavy atom. The highest BCUT2D eigenvalue weighted by atomic mass is 35.5. The van der Waals surface area contributed by atoms with Gasteiger partial charge in [-0.05, 0) is 37.0 Å². The maximum atomic E-state index is 13.0. The molecule has 3 N–H and O–H groups in total. The zero-order chi connectivity index (χ0) is 16.4. The molecule has 1 aliphatic rings. The van der Waals surface area contributed by atoms with Crippen LogP contribution in [-0.4, -0.2) is 27.7 Å². The normalized spacial score (nSPS) is 19.1. The lowest BCUT2D eigenvalue weighted by atomic mass is 10.0. The van der Waals surface area contributed by atoms with Gasteiger partial charge >= 0.3 is 0 Å². The number of nitrogens with two attached hydrogens (primary N) is 1. The number of rotatable bonds is 4. The molecule has 2 aromatic rings. The zero-order valence-corrected chi connectivity index (χ0v) is 13.2. The monoisotopic (exact) mass is 336 g/mol. The van der Waals surface area contributed by atoms with Crippen LogP contribution < -0.4 is 10.6 Å². The van der Waals surface area contributed by atoms with Gasteiger partial charge in [0.1, 0.15) is 23.0 Å². The maximum Gasteiger partial charge on any atom is 0.153 e. The minimum absolute atomic E-state index is 0.0989. The standard InChI is InChI=1S/C16H18ClFN4O/c17-14-15(19)20-9-21-16(14)22-7-1-2-12(22)8-13(23)10-3-5-11(18)6-4-10/h3-6,9,12-13,23H,1-2,7-8H2,(H2,19,20,21)/t12-,13+/m0/s1. The van der Waals surface area contributed by atoms with E-state index in [9.17, 15) is 9.50 Å². The summed E-state index contributed by atoms with van der Waals surface area (Å²) in [6, 6.07) is 6.02. The molecule has 0 bridgehead atoms. The van der Waals surface area contributed by atoms with Gasteiger partial charge in [0.05, 0.1) is 6.10 Å². The number of aromatic nitrogens is 2. The van der Waals surface area contributed by atoms with E-state index in [4.69, 9.17) is 17.3 Å². The molecule has 7 heteroatoms. The van der Waals surface area contributed by atoms with Gasteiger partial charge in [0.15, 0.2) is 5.82 Å². The lowest BCUT2D eigenvalue weighted by Crippen LogP contribution is -2.32. The van der Waals surface area contributed by atoms with Crippen LogP contribution in [0.4, 0.5) is 16.0 Å². The Labute approximate surface area is 138 Å².